The topological polar surface area (TPSA) is 51.2 Å². The molecule has 2 heterocycles. The van der Waals surface area contributed by atoms with Crippen LogP contribution in [0.25, 0.3) is 21.7 Å². The van der Waals surface area contributed by atoms with Gasteiger partial charge in [-0.1, -0.05) is 6.07 Å². The highest BCUT2D eigenvalue weighted by Gasteiger charge is 2.13. The smallest absolute Gasteiger partial charge is 0.337 e. The Balaban J connectivity index is 1.87. The number of ether oxygens (including phenoxy) is 1. The molecule has 0 aliphatic rings. The number of fused-ring (bicyclic) bond motifs is 3. The standard InChI is InChI=1S/C19H13FN2O2S/c1-24-19(23)11-2-7-14-15-9-25-10-16(15)18(22-17(14)8-11)21-13-5-3-12(20)4-6-13/h2-10H,1H3,(H,21,22). The van der Waals surface area contributed by atoms with Gasteiger partial charge in [0.2, 0.25) is 0 Å². The summed E-state index contributed by atoms with van der Waals surface area (Å²) in [5.41, 5.74) is 1.88. The molecule has 4 aromatic rings. The van der Waals surface area contributed by atoms with Crippen LogP contribution >= 0.6 is 11.3 Å². The molecule has 0 saturated carbocycles. The minimum absolute atomic E-state index is 0.291. The monoisotopic (exact) mass is 352 g/mol. The van der Waals surface area contributed by atoms with Gasteiger partial charge in [-0.2, -0.15) is 11.3 Å². The molecule has 0 aliphatic carbocycles. The average molecular weight is 352 g/mol. The largest absolute Gasteiger partial charge is 0.465 e. The minimum Gasteiger partial charge on any atom is -0.465 e. The number of benzene rings is 2. The molecule has 25 heavy (non-hydrogen) atoms. The highest BCUT2D eigenvalue weighted by Crippen LogP contribution is 2.34. The van der Waals surface area contributed by atoms with Crippen LogP contribution in [-0.4, -0.2) is 18.1 Å². The number of carbonyl (C=O) groups excluding carboxylic acids is 1. The van der Waals surface area contributed by atoms with Gasteiger partial charge < -0.3 is 10.1 Å². The van der Waals surface area contributed by atoms with Gasteiger partial charge in [0.05, 0.1) is 18.2 Å². The van der Waals surface area contributed by atoms with E-state index in [-0.39, 0.29) is 5.82 Å². The Kier molecular flexibility index (Phi) is 3.82. The maximum Gasteiger partial charge on any atom is 0.337 e. The maximum absolute atomic E-state index is 13.1. The van der Waals surface area contributed by atoms with E-state index in [1.165, 1.54) is 19.2 Å². The first kappa shape index (κ1) is 15.5. The van der Waals surface area contributed by atoms with Crippen molar-refractivity contribution in [1.29, 1.82) is 0 Å². The molecule has 0 atom stereocenters. The molecule has 0 amide bonds. The lowest BCUT2D eigenvalue weighted by Gasteiger charge is -2.10. The molecule has 4 rings (SSSR count). The van der Waals surface area contributed by atoms with Crippen LogP contribution in [0, 0.1) is 5.82 Å². The highest BCUT2D eigenvalue weighted by atomic mass is 32.1. The van der Waals surface area contributed by atoms with E-state index in [0.29, 0.717) is 16.9 Å². The van der Waals surface area contributed by atoms with Gasteiger partial charge in [-0.15, -0.1) is 0 Å². The third-order valence-electron chi connectivity index (χ3n) is 3.97. The zero-order valence-corrected chi connectivity index (χ0v) is 14.1. The van der Waals surface area contributed by atoms with E-state index in [4.69, 9.17) is 4.74 Å². The number of thiophene rings is 1. The van der Waals surface area contributed by atoms with Crippen molar-refractivity contribution in [2.24, 2.45) is 0 Å². The predicted octanol–water partition coefficient (Wildman–Crippen LogP) is 5.12. The SMILES string of the molecule is COC(=O)c1ccc2c(c1)nc(Nc1ccc(F)cc1)c1cscc12. The van der Waals surface area contributed by atoms with Crippen LogP contribution in [0.15, 0.2) is 53.2 Å². The number of nitrogens with one attached hydrogen (secondary N) is 1. The van der Waals surface area contributed by atoms with Crippen LogP contribution in [0.4, 0.5) is 15.9 Å². The van der Waals surface area contributed by atoms with E-state index in [2.05, 4.69) is 10.3 Å². The first-order valence-electron chi connectivity index (χ1n) is 7.56. The lowest BCUT2D eigenvalue weighted by Crippen LogP contribution is -2.01. The van der Waals surface area contributed by atoms with Gasteiger partial charge in [-0.05, 0) is 41.8 Å². The summed E-state index contributed by atoms with van der Waals surface area (Å²) in [6.45, 7) is 0. The Morgan fingerprint density at radius 2 is 1.84 bits per heavy atom. The van der Waals surface area contributed by atoms with E-state index < -0.39 is 5.97 Å². The van der Waals surface area contributed by atoms with E-state index in [1.807, 2.05) is 16.8 Å². The zero-order valence-electron chi connectivity index (χ0n) is 13.2. The van der Waals surface area contributed by atoms with Crippen molar-refractivity contribution >= 4 is 50.5 Å². The van der Waals surface area contributed by atoms with Gasteiger partial charge in [-0.25, -0.2) is 14.2 Å². The number of anilines is 2. The van der Waals surface area contributed by atoms with Crippen molar-refractivity contribution < 1.29 is 13.9 Å². The van der Waals surface area contributed by atoms with Gasteiger partial charge in [0, 0.05) is 27.2 Å². The molecular weight excluding hydrogens is 339 g/mol. The van der Waals surface area contributed by atoms with Crippen molar-refractivity contribution in [2.45, 2.75) is 0 Å². The third kappa shape index (κ3) is 2.81. The summed E-state index contributed by atoms with van der Waals surface area (Å²) in [5, 5.41) is 10.3. The van der Waals surface area contributed by atoms with E-state index in [1.54, 1.807) is 35.6 Å². The number of methoxy groups -OCH3 is 1. The van der Waals surface area contributed by atoms with Crippen LogP contribution in [-0.2, 0) is 4.74 Å². The third-order valence-corrected chi connectivity index (χ3v) is 4.71. The summed E-state index contributed by atoms with van der Waals surface area (Å²) in [7, 11) is 1.35. The van der Waals surface area contributed by atoms with Crippen LogP contribution in [0.3, 0.4) is 0 Å². The lowest BCUT2D eigenvalue weighted by molar-refractivity contribution is 0.0601. The first-order chi connectivity index (χ1) is 12.2. The second-order valence-corrected chi connectivity index (χ2v) is 6.26. The van der Waals surface area contributed by atoms with Gasteiger partial charge in [-0.3, -0.25) is 0 Å². The molecule has 0 radical (unpaired) electrons. The first-order valence-corrected chi connectivity index (χ1v) is 8.50. The van der Waals surface area contributed by atoms with E-state index in [0.717, 1.165) is 21.8 Å². The van der Waals surface area contributed by atoms with Crippen LogP contribution in [0.2, 0.25) is 0 Å². The summed E-state index contributed by atoms with van der Waals surface area (Å²) in [6, 6.07) is 11.4. The number of nitrogens with zero attached hydrogens (tertiary/aromatic N) is 1. The molecule has 1 N–H and O–H groups in total. The zero-order chi connectivity index (χ0) is 17.4. The van der Waals surface area contributed by atoms with Crippen molar-refractivity contribution in [2.75, 3.05) is 12.4 Å². The highest BCUT2D eigenvalue weighted by molar-refractivity contribution is 7.09. The minimum atomic E-state index is -0.401. The fraction of sp³-hybridized carbons (Fsp3) is 0.0526. The van der Waals surface area contributed by atoms with Gasteiger partial charge in [0.1, 0.15) is 11.6 Å². The average Bonchev–Trinajstić information content (AvgIpc) is 3.13. The summed E-state index contributed by atoms with van der Waals surface area (Å²) < 4.78 is 17.9. The molecule has 0 saturated heterocycles. The van der Waals surface area contributed by atoms with Crippen LogP contribution in [0.5, 0.6) is 0 Å². The maximum atomic E-state index is 13.1. The number of hydrogen-bond donors (Lipinski definition) is 1. The van der Waals surface area contributed by atoms with Crippen molar-refractivity contribution in [1.82, 2.24) is 4.98 Å². The molecule has 4 nitrogen and oxygen atoms in total. The van der Waals surface area contributed by atoms with Gasteiger partial charge >= 0.3 is 5.97 Å². The van der Waals surface area contributed by atoms with Gasteiger partial charge in [0.15, 0.2) is 0 Å². The summed E-state index contributed by atoms with van der Waals surface area (Å²) in [5.74, 6) is -0.0278. The normalized spacial score (nSPS) is 11.0. The summed E-state index contributed by atoms with van der Waals surface area (Å²) in [4.78, 5) is 16.4. The lowest BCUT2D eigenvalue weighted by atomic mass is 10.1. The molecule has 0 spiro atoms. The number of halogens is 1. The van der Waals surface area contributed by atoms with Crippen LogP contribution in [0.1, 0.15) is 10.4 Å². The van der Waals surface area contributed by atoms with Crippen LogP contribution < -0.4 is 5.32 Å². The number of rotatable bonds is 3. The second kappa shape index (κ2) is 6.14. The number of esters is 1. The molecule has 0 bridgehead atoms. The predicted molar refractivity (Wildman–Crippen MR) is 98.1 cm³/mol. The Hall–Kier alpha value is -2.99. The number of aromatic nitrogens is 1. The summed E-state index contributed by atoms with van der Waals surface area (Å²) >= 11 is 1.58. The summed E-state index contributed by atoms with van der Waals surface area (Å²) in [6.07, 6.45) is 0. The number of carbonyl (C=O) groups is 1. The molecular formula is C19H13FN2O2S. The Morgan fingerprint density at radius 1 is 1.08 bits per heavy atom. The molecule has 0 fully saturated rings. The number of pyridine rings is 1. The van der Waals surface area contributed by atoms with Gasteiger partial charge in [0.25, 0.3) is 0 Å². The fourth-order valence-electron chi connectivity index (χ4n) is 2.73. The van der Waals surface area contributed by atoms with E-state index in [9.17, 15) is 9.18 Å². The Labute approximate surface area is 146 Å². The second-order valence-electron chi connectivity index (χ2n) is 5.51. The molecule has 124 valence electrons. The molecule has 2 aromatic carbocycles. The fourth-order valence-corrected chi connectivity index (χ4v) is 3.56. The van der Waals surface area contributed by atoms with Crippen molar-refractivity contribution in [3.05, 3.63) is 64.6 Å². The number of hydrogen-bond acceptors (Lipinski definition) is 5. The Bertz CT molecular complexity index is 1090. The molecule has 0 aliphatic heterocycles. The van der Waals surface area contributed by atoms with Crippen molar-refractivity contribution in [3.8, 4) is 0 Å². The quantitative estimate of drug-likeness (QED) is 0.520. The molecule has 2 aromatic heterocycles. The molecule has 0 unspecified atom stereocenters. The Morgan fingerprint density at radius 3 is 2.60 bits per heavy atom. The van der Waals surface area contributed by atoms with Crippen molar-refractivity contribution in [3.63, 3.8) is 0 Å². The molecule has 6 heteroatoms. The van der Waals surface area contributed by atoms with E-state index >= 15 is 0 Å².